The molecule has 1 aromatic carbocycles. The molecule has 5 nitrogen and oxygen atoms in total. The number of aromatic carboxylic acids is 2. The van der Waals surface area contributed by atoms with E-state index >= 15 is 0 Å². The highest BCUT2D eigenvalue weighted by molar-refractivity contribution is 6.02. The fraction of sp³-hybridized carbons (Fsp3) is 0.111. The molecule has 1 rings (SSSR count). The van der Waals surface area contributed by atoms with Gasteiger partial charge < -0.3 is 14.9 Å². The standard InChI is InChI=1S/C9H7FO5/c1-15-5-3-2-4(8(11)12)6(7(5)10)9(13)14/h2-3H,1H3,(H,11,12)(H,13,14). The summed E-state index contributed by atoms with van der Waals surface area (Å²) < 4.78 is 17.9. The molecule has 0 unspecified atom stereocenters. The second-order valence-corrected chi connectivity index (χ2v) is 2.61. The summed E-state index contributed by atoms with van der Waals surface area (Å²) in [5, 5.41) is 17.3. The van der Waals surface area contributed by atoms with Gasteiger partial charge in [0.25, 0.3) is 0 Å². The summed E-state index contributed by atoms with van der Waals surface area (Å²) in [6.45, 7) is 0. The fourth-order valence-electron chi connectivity index (χ4n) is 1.10. The van der Waals surface area contributed by atoms with E-state index in [0.29, 0.717) is 0 Å². The maximum Gasteiger partial charge on any atom is 0.339 e. The monoisotopic (exact) mass is 214 g/mol. The second kappa shape index (κ2) is 3.95. The SMILES string of the molecule is COc1ccc(C(=O)O)c(C(=O)O)c1F. The third-order valence-corrected chi connectivity index (χ3v) is 1.77. The van der Waals surface area contributed by atoms with Crippen LogP contribution in [0, 0.1) is 5.82 Å². The lowest BCUT2D eigenvalue weighted by molar-refractivity contribution is 0.0646. The number of halogens is 1. The van der Waals surface area contributed by atoms with Crippen LogP contribution in [0.15, 0.2) is 12.1 Å². The van der Waals surface area contributed by atoms with Crippen LogP contribution in [0.25, 0.3) is 0 Å². The van der Waals surface area contributed by atoms with Crippen molar-refractivity contribution in [1.29, 1.82) is 0 Å². The van der Waals surface area contributed by atoms with Crippen molar-refractivity contribution in [1.82, 2.24) is 0 Å². The van der Waals surface area contributed by atoms with Crippen LogP contribution in [0.4, 0.5) is 4.39 Å². The minimum absolute atomic E-state index is 0.308. The molecule has 0 saturated heterocycles. The molecule has 6 heteroatoms. The molecule has 15 heavy (non-hydrogen) atoms. The van der Waals surface area contributed by atoms with Gasteiger partial charge in [-0.05, 0) is 12.1 Å². The first-order valence-electron chi connectivity index (χ1n) is 3.82. The van der Waals surface area contributed by atoms with Gasteiger partial charge in [-0.25, -0.2) is 14.0 Å². The molecule has 0 fully saturated rings. The lowest BCUT2D eigenvalue weighted by atomic mass is 10.1. The molecule has 0 saturated carbocycles. The first-order valence-corrected chi connectivity index (χ1v) is 3.82. The van der Waals surface area contributed by atoms with Crippen molar-refractivity contribution in [2.24, 2.45) is 0 Å². The summed E-state index contributed by atoms with van der Waals surface area (Å²) >= 11 is 0. The topological polar surface area (TPSA) is 83.8 Å². The summed E-state index contributed by atoms with van der Waals surface area (Å²) in [7, 11) is 1.16. The summed E-state index contributed by atoms with van der Waals surface area (Å²) in [6.07, 6.45) is 0. The van der Waals surface area contributed by atoms with Crippen LogP contribution in [-0.4, -0.2) is 29.3 Å². The van der Waals surface area contributed by atoms with E-state index in [4.69, 9.17) is 10.2 Å². The van der Waals surface area contributed by atoms with Gasteiger partial charge in [0.2, 0.25) is 0 Å². The minimum Gasteiger partial charge on any atom is -0.494 e. The van der Waals surface area contributed by atoms with Crippen LogP contribution in [-0.2, 0) is 0 Å². The van der Waals surface area contributed by atoms with Gasteiger partial charge >= 0.3 is 11.9 Å². The predicted molar refractivity (Wildman–Crippen MR) is 46.9 cm³/mol. The van der Waals surface area contributed by atoms with Gasteiger partial charge in [0.1, 0.15) is 5.56 Å². The zero-order valence-corrected chi connectivity index (χ0v) is 7.65. The number of carboxylic acids is 2. The van der Waals surface area contributed by atoms with Crippen LogP contribution in [0.2, 0.25) is 0 Å². The molecular weight excluding hydrogens is 207 g/mol. The van der Waals surface area contributed by atoms with Crippen molar-refractivity contribution in [3.63, 3.8) is 0 Å². The smallest absolute Gasteiger partial charge is 0.339 e. The van der Waals surface area contributed by atoms with Gasteiger partial charge in [-0.15, -0.1) is 0 Å². The van der Waals surface area contributed by atoms with Crippen LogP contribution in [0.3, 0.4) is 0 Å². The van der Waals surface area contributed by atoms with Crippen LogP contribution in [0.1, 0.15) is 20.7 Å². The molecule has 1 aromatic rings. The number of carbonyl (C=O) groups is 2. The van der Waals surface area contributed by atoms with E-state index < -0.39 is 28.9 Å². The van der Waals surface area contributed by atoms with E-state index in [1.165, 1.54) is 0 Å². The highest BCUT2D eigenvalue weighted by Gasteiger charge is 2.23. The van der Waals surface area contributed by atoms with Gasteiger partial charge in [0.15, 0.2) is 11.6 Å². The van der Waals surface area contributed by atoms with E-state index in [9.17, 15) is 14.0 Å². The summed E-state index contributed by atoms with van der Waals surface area (Å²) in [5.41, 5.74) is -1.51. The molecule has 0 spiro atoms. The number of benzene rings is 1. The second-order valence-electron chi connectivity index (χ2n) is 2.61. The summed E-state index contributed by atoms with van der Waals surface area (Å²) in [5.74, 6) is -4.65. The van der Waals surface area contributed by atoms with E-state index in [-0.39, 0.29) is 5.75 Å². The van der Waals surface area contributed by atoms with Crippen molar-refractivity contribution in [3.05, 3.63) is 29.1 Å². The Balaban J connectivity index is 3.51. The lowest BCUT2D eigenvalue weighted by Gasteiger charge is -2.06. The third kappa shape index (κ3) is 1.88. The Bertz CT molecular complexity index is 427. The molecule has 0 bridgehead atoms. The first-order chi connectivity index (χ1) is 6.99. The number of hydrogen-bond acceptors (Lipinski definition) is 3. The highest BCUT2D eigenvalue weighted by Crippen LogP contribution is 2.23. The number of ether oxygens (including phenoxy) is 1. The molecule has 0 amide bonds. The highest BCUT2D eigenvalue weighted by atomic mass is 19.1. The summed E-state index contributed by atoms with van der Waals surface area (Å²) in [4.78, 5) is 21.3. The largest absolute Gasteiger partial charge is 0.494 e. The Morgan fingerprint density at radius 1 is 1.27 bits per heavy atom. The Hall–Kier alpha value is -2.11. The zero-order valence-electron chi connectivity index (χ0n) is 7.65. The zero-order chi connectivity index (χ0) is 11.6. The van der Waals surface area contributed by atoms with Gasteiger partial charge in [-0.3, -0.25) is 0 Å². The Morgan fingerprint density at radius 3 is 2.27 bits per heavy atom. The Labute approximate surface area is 83.7 Å². The molecule has 0 aliphatic rings. The normalized spacial score (nSPS) is 9.73. The molecule has 0 aliphatic carbocycles. The third-order valence-electron chi connectivity index (χ3n) is 1.77. The van der Waals surface area contributed by atoms with Gasteiger partial charge in [0, 0.05) is 0 Å². The van der Waals surface area contributed by atoms with E-state index in [0.717, 1.165) is 19.2 Å². The van der Waals surface area contributed by atoms with Gasteiger partial charge in [-0.2, -0.15) is 0 Å². The molecule has 0 aromatic heterocycles. The molecule has 0 heterocycles. The van der Waals surface area contributed by atoms with E-state index in [1.54, 1.807) is 0 Å². The molecule has 0 atom stereocenters. The lowest BCUT2D eigenvalue weighted by Crippen LogP contribution is -2.11. The first kappa shape index (κ1) is 11.0. The van der Waals surface area contributed by atoms with Crippen LogP contribution >= 0.6 is 0 Å². The molecule has 80 valence electrons. The van der Waals surface area contributed by atoms with Gasteiger partial charge in [0.05, 0.1) is 12.7 Å². The average molecular weight is 214 g/mol. The van der Waals surface area contributed by atoms with E-state index in [2.05, 4.69) is 4.74 Å². The number of carboxylic acid groups (broad SMARTS) is 2. The van der Waals surface area contributed by atoms with Gasteiger partial charge in [-0.1, -0.05) is 0 Å². The Morgan fingerprint density at radius 2 is 1.87 bits per heavy atom. The molecule has 0 aliphatic heterocycles. The number of rotatable bonds is 3. The Kier molecular flexibility index (Phi) is 2.89. The van der Waals surface area contributed by atoms with E-state index in [1.807, 2.05) is 0 Å². The molecular formula is C9H7FO5. The molecule has 0 radical (unpaired) electrons. The van der Waals surface area contributed by atoms with Crippen LogP contribution in [0.5, 0.6) is 5.75 Å². The van der Waals surface area contributed by atoms with Crippen molar-refractivity contribution in [2.45, 2.75) is 0 Å². The number of hydrogen-bond donors (Lipinski definition) is 2. The van der Waals surface area contributed by atoms with Crippen molar-refractivity contribution < 1.29 is 28.9 Å². The predicted octanol–water partition coefficient (Wildman–Crippen LogP) is 1.23. The summed E-state index contributed by atoms with van der Waals surface area (Å²) in [6, 6.07) is 2.04. The quantitative estimate of drug-likeness (QED) is 0.790. The van der Waals surface area contributed by atoms with Crippen molar-refractivity contribution in [3.8, 4) is 5.75 Å². The average Bonchev–Trinajstić information content (AvgIpc) is 2.16. The maximum atomic E-state index is 13.4. The minimum atomic E-state index is -1.65. The fourth-order valence-corrected chi connectivity index (χ4v) is 1.10. The maximum absolute atomic E-state index is 13.4. The van der Waals surface area contributed by atoms with Crippen LogP contribution < -0.4 is 4.74 Å². The molecule has 2 N–H and O–H groups in total. The van der Waals surface area contributed by atoms with Crippen molar-refractivity contribution >= 4 is 11.9 Å². The van der Waals surface area contributed by atoms with Crippen molar-refractivity contribution in [2.75, 3.05) is 7.11 Å². The number of methoxy groups -OCH3 is 1.